The third kappa shape index (κ3) is 2.85. The summed E-state index contributed by atoms with van der Waals surface area (Å²) in [5, 5.41) is 2.16. The normalized spacial score (nSPS) is 9.83. The number of thioether (sulfide) groups is 1. The Balaban J connectivity index is 2.34. The summed E-state index contributed by atoms with van der Waals surface area (Å²) in [6.07, 6.45) is 0. The zero-order chi connectivity index (χ0) is 13.0. The number of hydrogen-bond donors (Lipinski definition) is 1. The van der Waals surface area contributed by atoms with Gasteiger partial charge < -0.3 is 5.73 Å². The number of nitrogen functional groups attached to an aromatic ring is 1. The van der Waals surface area contributed by atoms with Gasteiger partial charge in [-0.05, 0) is 17.5 Å². The Kier molecular flexibility index (Phi) is 3.91. The van der Waals surface area contributed by atoms with E-state index in [0.717, 1.165) is 22.0 Å². The van der Waals surface area contributed by atoms with E-state index in [1.165, 1.54) is 11.8 Å². The predicted octanol–water partition coefficient (Wildman–Crippen LogP) is 3.05. The van der Waals surface area contributed by atoms with Crippen molar-refractivity contribution in [3.8, 4) is 11.8 Å². The van der Waals surface area contributed by atoms with Crippen molar-refractivity contribution in [2.75, 3.05) is 11.5 Å². The molecule has 0 unspecified atom stereocenters. The molecule has 0 radical (unpaired) electrons. The summed E-state index contributed by atoms with van der Waals surface area (Å²) in [7, 11) is 0. The molecule has 0 spiro atoms. The highest BCUT2D eigenvalue weighted by Gasteiger charge is 2.00. The third-order valence-corrected chi connectivity index (χ3v) is 3.22. The average Bonchev–Trinajstić information content (AvgIpc) is 2.35. The van der Waals surface area contributed by atoms with Gasteiger partial charge in [-0.1, -0.05) is 47.9 Å². The molecule has 0 saturated heterocycles. The number of rotatable bonds is 1. The molecule has 2 rings (SSSR count). The Morgan fingerprint density at radius 1 is 1.22 bits per heavy atom. The lowest BCUT2D eigenvalue weighted by Crippen LogP contribution is -1.88. The Morgan fingerprint density at radius 3 is 2.72 bits per heavy atom. The summed E-state index contributed by atoms with van der Waals surface area (Å²) in [6, 6.07) is 11.7. The molecule has 2 aromatic rings. The van der Waals surface area contributed by atoms with Crippen molar-refractivity contribution >= 4 is 33.3 Å². The molecular formula is C15H13NOS. The molecule has 90 valence electrons. The van der Waals surface area contributed by atoms with Crippen LogP contribution in [0.4, 0.5) is 5.69 Å². The molecular weight excluding hydrogens is 242 g/mol. The van der Waals surface area contributed by atoms with E-state index < -0.39 is 0 Å². The summed E-state index contributed by atoms with van der Waals surface area (Å²) in [6.45, 7) is 1.55. The van der Waals surface area contributed by atoms with Gasteiger partial charge in [-0.3, -0.25) is 4.79 Å². The monoisotopic (exact) mass is 255 g/mol. The van der Waals surface area contributed by atoms with Crippen LogP contribution in [-0.4, -0.2) is 10.9 Å². The second-order valence-electron chi connectivity index (χ2n) is 3.83. The minimum atomic E-state index is 0.0893. The molecule has 18 heavy (non-hydrogen) atoms. The Labute approximate surface area is 111 Å². The fourth-order valence-corrected chi connectivity index (χ4v) is 2.06. The summed E-state index contributed by atoms with van der Waals surface area (Å²) in [4.78, 5) is 10.8. The van der Waals surface area contributed by atoms with Crippen LogP contribution in [0.2, 0.25) is 0 Å². The second kappa shape index (κ2) is 5.61. The molecule has 0 aliphatic rings. The number of carbonyl (C=O) groups is 1. The maximum absolute atomic E-state index is 10.8. The lowest BCUT2D eigenvalue weighted by Gasteiger charge is -2.03. The molecule has 0 atom stereocenters. The highest BCUT2D eigenvalue weighted by molar-refractivity contribution is 8.13. The molecule has 2 nitrogen and oxygen atoms in total. The van der Waals surface area contributed by atoms with Gasteiger partial charge in [-0.2, -0.15) is 0 Å². The van der Waals surface area contributed by atoms with Gasteiger partial charge in [0.2, 0.25) is 0 Å². The van der Waals surface area contributed by atoms with E-state index in [2.05, 4.69) is 11.8 Å². The molecule has 0 amide bonds. The smallest absolute Gasteiger partial charge is 0.186 e. The van der Waals surface area contributed by atoms with Crippen LogP contribution >= 0.6 is 11.8 Å². The van der Waals surface area contributed by atoms with Crippen LogP contribution in [0.15, 0.2) is 36.4 Å². The number of anilines is 1. The van der Waals surface area contributed by atoms with Crippen LogP contribution < -0.4 is 5.73 Å². The highest BCUT2D eigenvalue weighted by atomic mass is 32.2. The molecule has 0 saturated carbocycles. The van der Waals surface area contributed by atoms with Crippen molar-refractivity contribution in [2.24, 2.45) is 0 Å². The van der Waals surface area contributed by atoms with Gasteiger partial charge in [-0.15, -0.1) is 0 Å². The standard InChI is InChI=1S/C15H13NOS/c1-11(17)18-10-4-6-12-5-2-8-14-13(12)7-3-9-15(14)16/h2-3,5,7-9H,10,16H2,1H3. The first-order valence-corrected chi connectivity index (χ1v) is 6.56. The van der Waals surface area contributed by atoms with Crippen molar-refractivity contribution in [3.63, 3.8) is 0 Å². The second-order valence-corrected chi connectivity index (χ2v) is 4.98. The van der Waals surface area contributed by atoms with Gasteiger partial charge in [0.15, 0.2) is 5.12 Å². The van der Waals surface area contributed by atoms with Crippen molar-refractivity contribution in [2.45, 2.75) is 6.92 Å². The summed E-state index contributed by atoms with van der Waals surface area (Å²) in [5.41, 5.74) is 7.63. The van der Waals surface area contributed by atoms with E-state index >= 15 is 0 Å². The average molecular weight is 255 g/mol. The van der Waals surface area contributed by atoms with Gasteiger partial charge in [0, 0.05) is 23.6 Å². The first-order valence-electron chi connectivity index (χ1n) is 5.58. The van der Waals surface area contributed by atoms with E-state index in [0.29, 0.717) is 5.75 Å². The SMILES string of the molecule is CC(=O)SCC#Cc1cccc2c(N)cccc12. The van der Waals surface area contributed by atoms with Gasteiger partial charge >= 0.3 is 0 Å². The molecule has 0 aliphatic heterocycles. The third-order valence-electron chi connectivity index (χ3n) is 2.53. The van der Waals surface area contributed by atoms with Crippen molar-refractivity contribution < 1.29 is 4.79 Å². The van der Waals surface area contributed by atoms with Gasteiger partial charge in [0.05, 0.1) is 5.75 Å². The molecule has 0 aliphatic carbocycles. The number of hydrogen-bond acceptors (Lipinski definition) is 3. The molecule has 0 bridgehead atoms. The van der Waals surface area contributed by atoms with Crippen LogP contribution in [0.25, 0.3) is 10.8 Å². The Hall–Kier alpha value is -1.92. The molecule has 0 aromatic heterocycles. The lowest BCUT2D eigenvalue weighted by atomic mass is 10.0. The van der Waals surface area contributed by atoms with Crippen LogP contribution in [0, 0.1) is 11.8 Å². The fourth-order valence-electron chi connectivity index (χ4n) is 1.71. The van der Waals surface area contributed by atoms with Crippen molar-refractivity contribution in [1.82, 2.24) is 0 Å². The minimum absolute atomic E-state index is 0.0893. The lowest BCUT2D eigenvalue weighted by molar-refractivity contribution is -0.109. The first-order chi connectivity index (χ1) is 8.68. The Bertz CT molecular complexity index is 652. The van der Waals surface area contributed by atoms with Crippen molar-refractivity contribution in [3.05, 3.63) is 42.0 Å². The van der Waals surface area contributed by atoms with Gasteiger partial charge in [0.1, 0.15) is 0 Å². The number of nitrogens with two attached hydrogens (primary N) is 1. The van der Waals surface area contributed by atoms with Crippen LogP contribution in [0.1, 0.15) is 12.5 Å². The van der Waals surface area contributed by atoms with E-state index in [1.807, 2.05) is 36.4 Å². The quantitative estimate of drug-likeness (QED) is 0.629. The fraction of sp³-hybridized carbons (Fsp3) is 0.133. The Morgan fingerprint density at radius 2 is 1.94 bits per heavy atom. The molecule has 3 heteroatoms. The maximum atomic E-state index is 10.8. The van der Waals surface area contributed by atoms with Gasteiger partial charge in [0.25, 0.3) is 0 Å². The molecule has 0 fully saturated rings. The number of benzene rings is 2. The molecule has 2 N–H and O–H groups in total. The maximum Gasteiger partial charge on any atom is 0.186 e. The number of carbonyl (C=O) groups excluding carboxylic acids is 1. The van der Waals surface area contributed by atoms with Gasteiger partial charge in [-0.25, -0.2) is 0 Å². The van der Waals surface area contributed by atoms with Crippen LogP contribution in [-0.2, 0) is 4.79 Å². The highest BCUT2D eigenvalue weighted by Crippen LogP contribution is 2.23. The predicted molar refractivity (Wildman–Crippen MR) is 78.4 cm³/mol. The first kappa shape index (κ1) is 12.5. The van der Waals surface area contributed by atoms with Crippen LogP contribution in [0.5, 0.6) is 0 Å². The van der Waals surface area contributed by atoms with Crippen LogP contribution in [0.3, 0.4) is 0 Å². The molecule has 2 aromatic carbocycles. The molecule has 0 heterocycles. The van der Waals surface area contributed by atoms with Crippen molar-refractivity contribution in [1.29, 1.82) is 0 Å². The van der Waals surface area contributed by atoms with E-state index in [9.17, 15) is 4.79 Å². The van der Waals surface area contributed by atoms with E-state index in [4.69, 9.17) is 5.73 Å². The minimum Gasteiger partial charge on any atom is -0.398 e. The zero-order valence-corrected chi connectivity index (χ0v) is 10.9. The summed E-state index contributed by atoms with van der Waals surface area (Å²) < 4.78 is 0. The summed E-state index contributed by atoms with van der Waals surface area (Å²) in [5.74, 6) is 6.61. The number of fused-ring (bicyclic) bond motifs is 1. The summed E-state index contributed by atoms with van der Waals surface area (Å²) >= 11 is 1.22. The zero-order valence-electron chi connectivity index (χ0n) is 10.1. The largest absolute Gasteiger partial charge is 0.398 e. The topological polar surface area (TPSA) is 43.1 Å². The van der Waals surface area contributed by atoms with E-state index in [-0.39, 0.29) is 5.12 Å². The van der Waals surface area contributed by atoms with E-state index in [1.54, 1.807) is 6.92 Å².